The molecule has 0 spiro atoms. The van der Waals surface area contributed by atoms with Gasteiger partial charge in [-0.25, -0.2) is 9.97 Å². The number of aliphatic hydroxyl groups is 1. The van der Waals surface area contributed by atoms with Crippen LogP contribution in [0, 0.1) is 0 Å². The first-order valence-corrected chi connectivity index (χ1v) is 4.13. The number of anilines is 2. The van der Waals surface area contributed by atoms with Crippen LogP contribution in [0.4, 0.5) is 11.6 Å². The molecule has 0 fully saturated rings. The number of hydrogen-bond acceptors (Lipinski definition) is 5. The van der Waals surface area contributed by atoms with E-state index in [0.29, 0.717) is 5.82 Å². The molecule has 1 aromatic rings. The zero-order valence-corrected chi connectivity index (χ0v) is 7.64. The molecular weight excluding hydrogens is 168 g/mol. The van der Waals surface area contributed by atoms with Crippen LogP contribution in [0.1, 0.15) is 6.42 Å². The van der Waals surface area contributed by atoms with Crippen LogP contribution >= 0.6 is 0 Å². The third-order valence-corrected chi connectivity index (χ3v) is 1.72. The van der Waals surface area contributed by atoms with Crippen molar-refractivity contribution in [3.63, 3.8) is 0 Å². The first-order chi connectivity index (χ1) is 6.24. The fourth-order valence-corrected chi connectivity index (χ4v) is 0.993. The molecule has 5 heteroatoms. The van der Waals surface area contributed by atoms with Crippen molar-refractivity contribution in [1.29, 1.82) is 0 Å². The summed E-state index contributed by atoms with van der Waals surface area (Å²) in [4.78, 5) is 9.76. The highest BCUT2D eigenvalue weighted by Crippen LogP contribution is 2.09. The molecule has 0 atom stereocenters. The molecule has 1 aromatic heterocycles. The van der Waals surface area contributed by atoms with Gasteiger partial charge in [0.2, 0.25) is 0 Å². The summed E-state index contributed by atoms with van der Waals surface area (Å²) in [6, 6.07) is 1.71. The van der Waals surface area contributed by atoms with E-state index in [1.54, 1.807) is 6.07 Å². The number of hydrogen-bond donors (Lipinski definition) is 2. The lowest BCUT2D eigenvalue weighted by molar-refractivity contribution is 0.290. The Morgan fingerprint density at radius 2 is 2.31 bits per heavy atom. The number of aromatic nitrogens is 2. The van der Waals surface area contributed by atoms with Crippen LogP contribution in [0.5, 0.6) is 0 Å². The predicted molar refractivity (Wildman–Crippen MR) is 51.4 cm³/mol. The third-order valence-electron chi connectivity index (χ3n) is 1.72. The van der Waals surface area contributed by atoms with Crippen molar-refractivity contribution in [1.82, 2.24) is 9.97 Å². The summed E-state index contributed by atoms with van der Waals surface area (Å²) in [6.45, 7) is 0.942. The average Bonchev–Trinajstić information content (AvgIpc) is 2.14. The highest BCUT2D eigenvalue weighted by atomic mass is 16.3. The monoisotopic (exact) mass is 182 g/mol. The molecule has 0 unspecified atom stereocenters. The number of aliphatic hydroxyl groups excluding tert-OH is 1. The van der Waals surface area contributed by atoms with Crippen LogP contribution in [-0.2, 0) is 0 Å². The Kier molecular flexibility index (Phi) is 3.45. The molecule has 0 radical (unpaired) electrons. The zero-order valence-electron chi connectivity index (χ0n) is 7.64. The Hall–Kier alpha value is -1.36. The van der Waals surface area contributed by atoms with E-state index in [9.17, 15) is 0 Å². The molecule has 1 rings (SSSR count). The summed E-state index contributed by atoms with van der Waals surface area (Å²) in [5.41, 5.74) is 5.50. The van der Waals surface area contributed by atoms with E-state index in [1.807, 2.05) is 11.9 Å². The third kappa shape index (κ3) is 2.87. The molecule has 13 heavy (non-hydrogen) atoms. The van der Waals surface area contributed by atoms with Gasteiger partial charge in [-0.15, -0.1) is 0 Å². The number of nitrogens with zero attached hydrogens (tertiary/aromatic N) is 3. The highest BCUT2D eigenvalue weighted by molar-refractivity contribution is 5.44. The van der Waals surface area contributed by atoms with Crippen LogP contribution in [-0.4, -0.2) is 35.3 Å². The van der Waals surface area contributed by atoms with Crippen LogP contribution < -0.4 is 10.6 Å². The molecule has 0 aliphatic rings. The van der Waals surface area contributed by atoms with Crippen LogP contribution in [0.15, 0.2) is 12.4 Å². The predicted octanol–water partition coefficient (Wildman–Crippen LogP) is -0.123. The first-order valence-electron chi connectivity index (χ1n) is 4.13. The van der Waals surface area contributed by atoms with Crippen molar-refractivity contribution in [2.45, 2.75) is 6.42 Å². The molecule has 0 bridgehead atoms. The Morgan fingerprint density at radius 1 is 1.54 bits per heavy atom. The van der Waals surface area contributed by atoms with Crippen molar-refractivity contribution in [3.8, 4) is 0 Å². The Labute approximate surface area is 77.2 Å². The standard InChI is InChI=1S/C8H14N4O/c1-12(3-2-4-13)8-5-7(9)10-6-11-8/h5-6,13H,2-4H2,1H3,(H2,9,10,11). The fourth-order valence-electron chi connectivity index (χ4n) is 0.993. The van der Waals surface area contributed by atoms with Crippen molar-refractivity contribution >= 4 is 11.6 Å². The summed E-state index contributed by atoms with van der Waals surface area (Å²) in [6.07, 6.45) is 2.15. The van der Waals surface area contributed by atoms with Gasteiger partial charge in [-0.2, -0.15) is 0 Å². The topological polar surface area (TPSA) is 75.3 Å². The minimum atomic E-state index is 0.185. The zero-order chi connectivity index (χ0) is 9.68. The van der Waals surface area contributed by atoms with Crippen molar-refractivity contribution < 1.29 is 5.11 Å². The molecular formula is C8H14N4O. The van der Waals surface area contributed by atoms with E-state index >= 15 is 0 Å². The van der Waals surface area contributed by atoms with Crippen LogP contribution in [0.3, 0.4) is 0 Å². The summed E-state index contributed by atoms with van der Waals surface area (Å²) >= 11 is 0. The van der Waals surface area contributed by atoms with Gasteiger partial charge in [0.05, 0.1) is 0 Å². The van der Waals surface area contributed by atoms with E-state index in [-0.39, 0.29) is 6.61 Å². The summed E-state index contributed by atoms with van der Waals surface area (Å²) in [5, 5.41) is 8.63. The maximum atomic E-state index is 8.63. The lowest BCUT2D eigenvalue weighted by Crippen LogP contribution is -2.20. The molecule has 0 saturated heterocycles. The Bertz CT molecular complexity index is 266. The quantitative estimate of drug-likeness (QED) is 0.678. The molecule has 0 aliphatic carbocycles. The smallest absolute Gasteiger partial charge is 0.133 e. The molecule has 1 heterocycles. The molecule has 0 saturated carbocycles. The molecule has 72 valence electrons. The van der Waals surface area contributed by atoms with E-state index < -0.39 is 0 Å². The maximum absolute atomic E-state index is 8.63. The van der Waals surface area contributed by atoms with Crippen LogP contribution in [0.2, 0.25) is 0 Å². The Morgan fingerprint density at radius 3 is 2.92 bits per heavy atom. The van der Waals surface area contributed by atoms with Gasteiger partial charge >= 0.3 is 0 Å². The minimum absolute atomic E-state index is 0.185. The fraction of sp³-hybridized carbons (Fsp3) is 0.500. The van der Waals surface area contributed by atoms with E-state index in [0.717, 1.165) is 18.8 Å². The summed E-state index contributed by atoms with van der Waals surface area (Å²) in [5.74, 6) is 1.24. The van der Waals surface area contributed by atoms with E-state index in [2.05, 4.69) is 9.97 Å². The molecule has 0 aliphatic heterocycles. The molecule has 0 aromatic carbocycles. The molecule has 0 amide bonds. The van der Waals surface area contributed by atoms with Gasteiger partial charge in [0.15, 0.2) is 0 Å². The SMILES string of the molecule is CN(CCCO)c1cc(N)ncn1. The van der Waals surface area contributed by atoms with Gasteiger partial charge in [-0.05, 0) is 6.42 Å². The van der Waals surface area contributed by atoms with Crippen molar-refractivity contribution in [2.75, 3.05) is 30.8 Å². The molecule has 3 N–H and O–H groups in total. The number of nitrogen functional groups attached to an aromatic ring is 1. The van der Waals surface area contributed by atoms with Gasteiger partial charge < -0.3 is 15.7 Å². The summed E-state index contributed by atoms with van der Waals surface area (Å²) in [7, 11) is 1.90. The van der Waals surface area contributed by atoms with Gasteiger partial charge in [-0.3, -0.25) is 0 Å². The van der Waals surface area contributed by atoms with Crippen molar-refractivity contribution in [3.05, 3.63) is 12.4 Å². The largest absolute Gasteiger partial charge is 0.396 e. The minimum Gasteiger partial charge on any atom is -0.396 e. The highest BCUT2D eigenvalue weighted by Gasteiger charge is 2.01. The summed E-state index contributed by atoms with van der Waals surface area (Å²) < 4.78 is 0. The number of rotatable bonds is 4. The first kappa shape index (κ1) is 9.73. The maximum Gasteiger partial charge on any atom is 0.133 e. The lowest BCUT2D eigenvalue weighted by Gasteiger charge is -2.16. The van der Waals surface area contributed by atoms with Gasteiger partial charge in [0.25, 0.3) is 0 Å². The normalized spacial score (nSPS) is 10.0. The lowest BCUT2D eigenvalue weighted by atomic mass is 10.4. The molecule has 5 nitrogen and oxygen atoms in total. The second kappa shape index (κ2) is 4.61. The van der Waals surface area contributed by atoms with E-state index in [1.165, 1.54) is 6.33 Å². The van der Waals surface area contributed by atoms with Gasteiger partial charge in [-0.1, -0.05) is 0 Å². The van der Waals surface area contributed by atoms with Crippen molar-refractivity contribution in [2.24, 2.45) is 0 Å². The second-order valence-electron chi connectivity index (χ2n) is 2.80. The Balaban J connectivity index is 2.60. The van der Waals surface area contributed by atoms with Crippen LogP contribution in [0.25, 0.3) is 0 Å². The van der Waals surface area contributed by atoms with E-state index in [4.69, 9.17) is 10.8 Å². The average molecular weight is 182 g/mol. The second-order valence-corrected chi connectivity index (χ2v) is 2.80. The van der Waals surface area contributed by atoms with Gasteiger partial charge in [0.1, 0.15) is 18.0 Å². The van der Waals surface area contributed by atoms with Gasteiger partial charge in [0, 0.05) is 26.3 Å². The number of nitrogens with two attached hydrogens (primary N) is 1.